The smallest absolute Gasteiger partial charge is 0.0552 e. The Morgan fingerprint density at radius 3 is 2.38 bits per heavy atom. The first-order valence-corrected chi connectivity index (χ1v) is 6.58. The molecule has 0 spiro atoms. The van der Waals surface area contributed by atoms with Crippen LogP contribution in [-0.2, 0) is 0 Å². The SMILES string of the molecule is CCC(CC)(CO)CN1CCC(C(C)O)C1. The molecule has 0 aromatic rings. The predicted octanol–water partition coefficient (Wildman–Crippen LogP) is 1.49. The Morgan fingerprint density at radius 2 is 2.00 bits per heavy atom. The molecule has 3 heteroatoms. The normalized spacial score (nSPS) is 24.9. The molecule has 2 N–H and O–H groups in total. The van der Waals surface area contributed by atoms with E-state index in [-0.39, 0.29) is 18.1 Å². The highest BCUT2D eigenvalue weighted by Gasteiger charge is 2.32. The molecular weight excluding hydrogens is 202 g/mol. The first-order valence-electron chi connectivity index (χ1n) is 6.58. The average Bonchev–Trinajstić information content (AvgIpc) is 2.74. The van der Waals surface area contributed by atoms with Crippen LogP contribution in [0.3, 0.4) is 0 Å². The molecule has 0 amide bonds. The average molecular weight is 229 g/mol. The molecule has 0 aromatic heterocycles. The number of nitrogens with zero attached hydrogens (tertiary/aromatic N) is 1. The minimum absolute atomic E-state index is 0.0631. The van der Waals surface area contributed by atoms with E-state index in [1.807, 2.05) is 6.92 Å². The molecular formula is C13H27NO2. The lowest BCUT2D eigenvalue weighted by atomic mass is 9.83. The van der Waals surface area contributed by atoms with Crippen molar-refractivity contribution in [3.05, 3.63) is 0 Å². The van der Waals surface area contributed by atoms with Crippen molar-refractivity contribution >= 4 is 0 Å². The molecule has 1 aliphatic heterocycles. The summed E-state index contributed by atoms with van der Waals surface area (Å²) in [6.07, 6.45) is 2.94. The van der Waals surface area contributed by atoms with Crippen molar-refractivity contribution in [2.24, 2.45) is 11.3 Å². The van der Waals surface area contributed by atoms with Crippen molar-refractivity contribution in [3.63, 3.8) is 0 Å². The predicted molar refractivity (Wildman–Crippen MR) is 66.3 cm³/mol. The van der Waals surface area contributed by atoms with Gasteiger partial charge in [-0.15, -0.1) is 0 Å². The molecule has 0 aromatic carbocycles. The molecule has 1 saturated heterocycles. The molecule has 1 aliphatic rings. The van der Waals surface area contributed by atoms with E-state index in [0.717, 1.165) is 38.9 Å². The fourth-order valence-corrected chi connectivity index (χ4v) is 2.62. The summed E-state index contributed by atoms with van der Waals surface area (Å²) in [5.41, 5.74) is 0.0631. The lowest BCUT2D eigenvalue weighted by molar-refractivity contribution is 0.0677. The largest absolute Gasteiger partial charge is 0.396 e. The Labute approximate surface area is 99.5 Å². The molecule has 3 nitrogen and oxygen atoms in total. The Balaban J connectivity index is 2.48. The Bertz CT molecular complexity index is 194. The summed E-state index contributed by atoms with van der Waals surface area (Å²) in [5, 5.41) is 19.1. The summed E-state index contributed by atoms with van der Waals surface area (Å²) in [4.78, 5) is 2.40. The van der Waals surface area contributed by atoms with Gasteiger partial charge in [0.25, 0.3) is 0 Å². The monoisotopic (exact) mass is 229 g/mol. The van der Waals surface area contributed by atoms with E-state index in [2.05, 4.69) is 18.7 Å². The van der Waals surface area contributed by atoms with E-state index in [1.165, 1.54) is 0 Å². The number of hydrogen-bond donors (Lipinski definition) is 2. The van der Waals surface area contributed by atoms with Crippen LogP contribution in [0, 0.1) is 11.3 Å². The van der Waals surface area contributed by atoms with Gasteiger partial charge in [0.05, 0.1) is 6.10 Å². The third-order valence-electron chi connectivity index (χ3n) is 4.39. The van der Waals surface area contributed by atoms with Gasteiger partial charge in [0.15, 0.2) is 0 Å². The van der Waals surface area contributed by atoms with E-state index in [0.29, 0.717) is 5.92 Å². The summed E-state index contributed by atoms with van der Waals surface area (Å²) in [7, 11) is 0. The highest BCUT2D eigenvalue weighted by Crippen LogP contribution is 2.30. The van der Waals surface area contributed by atoms with Gasteiger partial charge in [-0.05, 0) is 38.6 Å². The van der Waals surface area contributed by atoms with Crippen LogP contribution in [0.15, 0.2) is 0 Å². The van der Waals surface area contributed by atoms with E-state index in [4.69, 9.17) is 0 Å². The van der Waals surface area contributed by atoms with Crippen LogP contribution in [0.5, 0.6) is 0 Å². The van der Waals surface area contributed by atoms with Crippen molar-refractivity contribution in [2.45, 2.75) is 46.1 Å². The van der Waals surface area contributed by atoms with Gasteiger partial charge < -0.3 is 15.1 Å². The van der Waals surface area contributed by atoms with Crippen LogP contribution in [0.4, 0.5) is 0 Å². The second-order valence-corrected chi connectivity index (χ2v) is 5.39. The van der Waals surface area contributed by atoms with E-state index < -0.39 is 0 Å². The van der Waals surface area contributed by atoms with Gasteiger partial charge in [0, 0.05) is 25.1 Å². The lowest BCUT2D eigenvalue weighted by Gasteiger charge is -2.34. The maximum atomic E-state index is 9.56. The maximum absolute atomic E-state index is 9.56. The van der Waals surface area contributed by atoms with Gasteiger partial charge >= 0.3 is 0 Å². The van der Waals surface area contributed by atoms with Gasteiger partial charge in [-0.3, -0.25) is 0 Å². The Morgan fingerprint density at radius 1 is 1.38 bits per heavy atom. The van der Waals surface area contributed by atoms with E-state index in [9.17, 15) is 10.2 Å². The zero-order chi connectivity index (χ0) is 12.2. The summed E-state index contributed by atoms with van der Waals surface area (Å²) in [5.74, 6) is 0.421. The molecule has 2 atom stereocenters. The van der Waals surface area contributed by atoms with Gasteiger partial charge in [-0.25, -0.2) is 0 Å². The topological polar surface area (TPSA) is 43.7 Å². The number of rotatable bonds is 6. The summed E-state index contributed by atoms with van der Waals surface area (Å²) in [6.45, 7) is 9.49. The van der Waals surface area contributed by atoms with Crippen molar-refractivity contribution in [1.82, 2.24) is 4.90 Å². The van der Waals surface area contributed by atoms with Gasteiger partial charge in [-0.2, -0.15) is 0 Å². The molecule has 1 rings (SSSR count). The number of aliphatic hydroxyl groups is 2. The Hall–Kier alpha value is -0.120. The van der Waals surface area contributed by atoms with Gasteiger partial charge in [0.1, 0.15) is 0 Å². The molecule has 0 saturated carbocycles. The molecule has 16 heavy (non-hydrogen) atoms. The second-order valence-electron chi connectivity index (χ2n) is 5.39. The molecule has 0 radical (unpaired) electrons. The van der Waals surface area contributed by atoms with Crippen LogP contribution in [0.1, 0.15) is 40.0 Å². The minimum Gasteiger partial charge on any atom is -0.396 e. The number of hydrogen-bond acceptors (Lipinski definition) is 3. The number of likely N-dealkylation sites (tertiary alicyclic amines) is 1. The van der Waals surface area contributed by atoms with Crippen LogP contribution in [-0.4, -0.2) is 47.5 Å². The number of aliphatic hydroxyl groups excluding tert-OH is 2. The van der Waals surface area contributed by atoms with Crippen molar-refractivity contribution in [1.29, 1.82) is 0 Å². The summed E-state index contributed by atoms with van der Waals surface area (Å²) in [6, 6.07) is 0. The molecule has 0 aliphatic carbocycles. The zero-order valence-electron chi connectivity index (χ0n) is 10.9. The molecule has 1 heterocycles. The third kappa shape index (κ3) is 3.19. The standard InChI is InChI=1S/C13H27NO2/c1-4-13(5-2,10-15)9-14-7-6-12(8-14)11(3)16/h11-12,15-16H,4-10H2,1-3H3. The van der Waals surface area contributed by atoms with E-state index >= 15 is 0 Å². The zero-order valence-corrected chi connectivity index (χ0v) is 10.9. The quantitative estimate of drug-likeness (QED) is 0.725. The van der Waals surface area contributed by atoms with Gasteiger partial charge in [-0.1, -0.05) is 13.8 Å². The molecule has 0 bridgehead atoms. The van der Waals surface area contributed by atoms with Crippen LogP contribution in [0.25, 0.3) is 0 Å². The lowest BCUT2D eigenvalue weighted by Crippen LogP contribution is -2.39. The van der Waals surface area contributed by atoms with Crippen LogP contribution >= 0.6 is 0 Å². The minimum atomic E-state index is -0.197. The second kappa shape index (κ2) is 5.99. The van der Waals surface area contributed by atoms with Crippen molar-refractivity contribution < 1.29 is 10.2 Å². The van der Waals surface area contributed by atoms with Gasteiger partial charge in [0.2, 0.25) is 0 Å². The highest BCUT2D eigenvalue weighted by atomic mass is 16.3. The molecule has 1 fully saturated rings. The van der Waals surface area contributed by atoms with Crippen molar-refractivity contribution in [3.8, 4) is 0 Å². The summed E-state index contributed by atoms with van der Waals surface area (Å²) < 4.78 is 0. The van der Waals surface area contributed by atoms with Crippen LogP contribution in [0.2, 0.25) is 0 Å². The first kappa shape index (κ1) is 13.9. The summed E-state index contributed by atoms with van der Waals surface area (Å²) >= 11 is 0. The molecule has 2 unspecified atom stereocenters. The third-order valence-corrected chi connectivity index (χ3v) is 4.39. The molecule has 96 valence electrons. The van der Waals surface area contributed by atoms with Crippen LogP contribution < -0.4 is 0 Å². The first-order chi connectivity index (χ1) is 7.56. The van der Waals surface area contributed by atoms with Crippen molar-refractivity contribution in [2.75, 3.05) is 26.2 Å². The Kier molecular flexibility index (Phi) is 5.22. The maximum Gasteiger partial charge on any atom is 0.0552 e. The highest BCUT2D eigenvalue weighted by molar-refractivity contribution is 4.85. The fraction of sp³-hybridized carbons (Fsp3) is 1.00. The van der Waals surface area contributed by atoms with E-state index in [1.54, 1.807) is 0 Å². The fourth-order valence-electron chi connectivity index (χ4n) is 2.62.